The summed E-state index contributed by atoms with van der Waals surface area (Å²) >= 11 is 5.65. The molecule has 0 unspecified atom stereocenters. The lowest BCUT2D eigenvalue weighted by molar-refractivity contribution is -0.105. The summed E-state index contributed by atoms with van der Waals surface area (Å²) in [6.45, 7) is 0. The Labute approximate surface area is 96.6 Å². The van der Waals surface area contributed by atoms with E-state index in [2.05, 4.69) is 0 Å². The zero-order chi connectivity index (χ0) is 12.3. The van der Waals surface area contributed by atoms with Gasteiger partial charge in [-0.1, -0.05) is 17.7 Å². The van der Waals surface area contributed by atoms with Gasteiger partial charge in [0.15, 0.2) is 9.84 Å². The van der Waals surface area contributed by atoms with Gasteiger partial charge in [0.2, 0.25) is 0 Å². The average Bonchev–Trinajstić information content (AvgIpc) is 2.17. The molecule has 1 N–H and O–H groups in total. The summed E-state index contributed by atoms with van der Waals surface area (Å²) in [6, 6.07) is 3.60. The SMILES string of the molecule is O=CCS(=O)(=O)c1cccc(C(=O)O)c1Cl. The molecular weight excluding hydrogens is 256 g/mol. The maximum absolute atomic E-state index is 11.5. The van der Waals surface area contributed by atoms with Gasteiger partial charge in [-0.05, 0) is 12.1 Å². The number of aromatic carboxylic acids is 1. The Kier molecular flexibility index (Phi) is 3.66. The Morgan fingerprint density at radius 2 is 2.06 bits per heavy atom. The summed E-state index contributed by atoms with van der Waals surface area (Å²) in [7, 11) is -3.86. The summed E-state index contributed by atoms with van der Waals surface area (Å²) in [4.78, 5) is 20.5. The van der Waals surface area contributed by atoms with Gasteiger partial charge in [-0.3, -0.25) is 0 Å². The molecule has 5 nitrogen and oxygen atoms in total. The van der Waals surface area contributed by atoms with E-state index >= 15 is 0 Å². The lowest BCUT2D eigenvalue weighted by Crippen LogP contribution is -2.10. The van der Waals surface area contributed by atoms with Gasteiger partial charge in [0.25, 0.3) is 0 Å². The van der Waals surface area contributed by atoms with Gasteiger partial charge in [0.05, 0.1) is 15.5 Å². The molecule has 0 aliphatic heterocycles. The predicted molar refractivity (Wildman–Crippen MR) is 56.5 cm³/mol. The number of sulfone groups is 1. The average molecular weight is 263 g/mol. The zero-order valence-corrected chi connectivity index (χ0v) is 9.46. The largest absolute Gasteiger partial charge is 0.478 e. The van der Waals surface area contributed by atoms with Gasteiger partial charge in [-0.15, -0.1) is 0 Å². The summed E-state index contributed by atoms with van der Waals surface area (Å²) < 4.78 is 23.0. The number of carbonyl (C=O) groups is 2. The second-order valence-corrected chi connectivity index (χ2v) is 5.25. The molecule has 0 aliphatic rings. The molecule has 1 aromatic carbocycles. The van der Waals surface area contributed by atoms with Crippen LogP contribution in [-0.4, -0.2) is 31.5 Å². The van der Waals surface area contributed by atoms with E-state index in [-0.39, 0.29) is 21.8 Å². The highest BCUT2D eigenvalue weighted by atomic mass is 35.5. The van der Waals surface area contributed by atoms with E-state index in [0.29, 0.717) is 0 Å². The molecule has 0 amide bonds. The number of benzene rings is 1. The fourth-order valence-corrected chi connectivity index (χ4v) is 2.68. The van der Waals surface area contributed by atoms with E-state index in [1.54, 1.807) is 0 Å². The molecule has 0 heterocycles. The molecular formula is C9H7ClO5S. The summed E-state index contributed by atoms with van der Waals surface area (Å²) in [5.74, 6) is -2.05. The molecule has 86 valence electrons. The minimum atomic E-state index is -3.86. The normalized spacial score (nSPS) is 11.1. The van der Waals surface area contributed by atoms with Crippen molar-refractivity contribution < 1.29 is 23.1 Å². The van der Waals surface area contributed by atoms with E-state index in [1.165, 1.54) is 12.1 Å². The van der Waals surface area contributed by atoms with Crippen molar-refractivity contribution in [3.63, 3.8) is 0 Å². The Morgan fingerprint density at radius 3 is 2.56 bits per heavy atom. The molecule has 0 aromatic heterocycles. The van der Waals surface area contributed by atoms with E-state index < -0.39 is 21.6 Å². The van der Waals surface area contributed by atoms with Crippen LogP contribution in [-0.2, 0) is 14.6 Å². The van der Waals surface area contributed by atoms with Crippen LogP contribution in [0.1, 0.15) is 10.4 Å². The summed E-state index contributed by atoms with van der Waals surface area (Å²) in [6.07, 6.45) is 0.221. The fraction of sp³-hybridized carbons (Fsp3) is 0.111. The Hall–Kier alpha value is -1.40. The minimum absolute atomic E-state index is 0.221. The van der Waals surface area contributed by atoms with Gasteiger partial charge in [0.1, 0.15) is 12.0 Å². The first-order chi connectivity index (χ1) is 7.40. The minimum Gasteiger partial charge on any atom is -0.478 e. The van der Waals surface area contributed by atoms with Gasteiger partial charge in [-0.2, -0.15) is 0 Å². The van der Waals surface area contributed by atoms with Crippen LogP contribution >= 0.6 is 11.6 Å². The molecule has 0 saturated heterocycles. The van der Waals surface area contributed by atoms with Gasteiger partial charge >= 0.3 is 5.97 Å². The van der Waals surface area contributed by atoms with Crippen molar-refractivity contribution in [3.8, 4) is 0 Å². The summed E-state index contributed by atoms with van der Waals surface area (Å²) in [5.41, 5.74) is -0.311. The van der Waals surface area contributed by atoms with E-state index in [1.807, 2.05) is 0 Å². The number of rotatable bonds is 4. The molecule has 0 spiro atoms. The topological polar surface area (TPSA) is 88.5 Å². The third-order valence-electron chi connectivity index (χ3n) is 1.82. The van der Waals surface area contributed by atoms with Crippen molar-refractivity contribution in [3.05, 3.63) is 28.8 Å². The van der Waals surface area contributed by atoms with E-state index in [9.17, 15) is 18.0 Å². The van der Waals surface area contributed by atoms with Crippen LogP contribution in [0, 0.1) is 0 Å². The van der Waals surface area contributed by atoms with Crippen LogP contribution < -0.4 is 0 Å². The van der Waals surface area contributed by atoms with Crippen LogP contribution in [0.15, 0.2) is 23.1 Å². The van der Waals surface area contributed by atoms with Crippen molar-refractivity contribution in [2.45, 2.75) is 4.90 Å². The van der Waals surface area contributed by atoms with Crippen LogP contribution in [0.2, 0.25) is 5.02 Å². The Bertz CT molecular complexity index is 535. The maximum Gasteiger partial charge on any atom is 0.337 e. The van der Waals surface area contributed by atoms with Crippen molar-refractivity contribution in [2.75, 3.05) is 5.75 Å². The first-order valence-electron chi connectivity index (χ1n) is 4.08. The van der Waals surface area contributed by atoms with Crippen LogP contribution in [0.4, 0.5) is 0 Å². The molecule has 0 radical (unpaired) electrons. The monoisotopic (exact) mass is 262 g/mol. The lowest BCUT2D eigenvalue weighted by Gasteiger charge is -2.05. The molecule has 0 saturated carbocycles. The first-order valence-corrected chi connectivity index (χ1v) is 6.11. The third-order valence-corrected chi connectivity index (χ3v) is 3.92. The van der Waals surface area contributed by atoms with Crippen LogP contribution in [0.5, 0.6) is 0 Å². The quantitative estimate of drug-likeness (QED) is 0.818. The second kappa shape index (κ2) is 4.63. The van der Waals surface area contributed by atoms with Crippen molar-refractivity contribution in [2.24, 2.45) is 0 Å². The number of hydrogen-bond acceptors (Lipinski definition) is 4. The second-order valence-electron chi connectivity index (χ2n) is 2.87. The highest BCUT2D eigenvalue weighted by Crippen LogP contribution is 2.25. The molecule has 1 aromatic rings. The number of halogens is 1. The van der Waals surface area contributed by atoms with Crippen LogP contribution in [0.25, 0.3) is 0 Å². The zero-order valence-electron chi connectivity index (χ0n) is 7.88. The standard InChI is InChI=1S/C9H7ClO5S/c10-8-6(9(12)13)2-1-3-7(8)16(14,15)5-4-11/h1-4H,5H2,(H,12,13). The highest BCUT2D eigenvalue weighted by molar-refractivity contribution is 7.92. The lowest BCUT2D eigenvalue weighted by atomic mass is 10.2. The number of carboxylic acids is 1. The third kappa shape index (κ3) is 2.40. The molecule has 1 rings (SSSR count). The Morgan fingerprint density at radius 1 is 1.44 bits per heavy atom. The number of carboxylic acid groups (broad SMARTS) is 1. The van der Waals surface area contributed by atoms with E-state index in [4.69, 9.17) is 16.7 Å². The predicted octanol–water partition coefficient (Wildman–Crippen LogP) is 1.01. The molecule has 0 atom stereocenters. The fourth-order valence-electron chi connectivity index (χ4n) is 1.10. The van der Waals surface area contributed by atoms with E-state index in [0.717, 1.165) is 6.07 Å². The smallest absolute Gasteiger partial charge is 0.337 e. The van der Waals surface area contributed by atoms with Gasteiger partial charge in [-0.25, -0.2) is 13.2 Å². The van der Waals surface area contributed by atoms with Gasteiger partial charge < -0.3 is 9.90 Å². The maximum atomic E-state index is 11.5. The van der Waals surface area contributed by atoms with Crippen molar-refractivity contribution in [1.82, 2.24) is 0 Å². The van der Waals surface area contributed by atoms with Crippen molar-refractivity contribution >= 4 is 33.7 Å². The number of aldehydes is 1. The van der Waals surface area contributed by atoms with Crippen LogP contribution in [0.3, 0.4) is 0 Å². The molecule has 16 heavy (non-hydrogen) atoms. The molecule has 0 fully saturated rings. The summed E-state index contributed by atoms with van der Waals surface area (Å²) in [5, 5.41) is 8.36. The molecule has 7 heteroatoms. The first kappa shape index (κ1) is 12.7. The van der Waals surface area contributed by atoms with Gasteiger partial charge in [0, 0.05) is 0 Å². The highest BCUT2D eigenvalue weighted by Gasteiger charge is 2.21. The Balaban J connectivity index is 3.42. The van der Waals surface area contributed by atoms with Crippen molar-refractivity contribution in [1.29, 1.82) is 0 Å². The number of carbonyl (C=O) groups excluding carboxylic acids is 1. The molecule has 0 bridgehead atoms. The molecule has 0 aliphatic carbocycles. The number of hydrogen-bond donors (Lipinski definition) is 1.